The van der Waals surface area contributed by atoms with Gasteiger partial charge in [0.1, 0.15) is 0 Å². The molecule has 1 aromatic rings. The highest BCUT2D eigenvalue weighted by Crippen LogP contribution is 2.35. The van der Waals surface area contributed by atoms with Gasteiger partial charge in [0.2, 0.25) is 0 Å². The van der Waals surface area contributed by atoms with Crippen molar-refractivity contribution >= 4 is 11.3 Å². The maximum atomic E-state index is 12.1. The Kier molecular flexibility index (Phi) is 2.63. The van der Waals surface area contributed by atoms with E-state index in [0.29, 0.717) is 11.3 Å². The van der Waals surface area contributed by atoms with Crippen molar-refractivity contribution < 1.29 is 18.3 Å². The third kappa shape index (κ3) is 2.19. The van der Waals surface area contributed by atoms with Crippen LogP contribution >= 0.6 is 11.3 Å². The molecule has 0 radical (unpaired) electrons. The number of halogens is 3. The maximum Gasteiger partial charge on any atom is 0.443 e. The smallest absolute Gasteiger partial charge is 0.388 e. The van der Waals surface area contributed by atoms with Gasteiger partial charge < -0.3 is 5.11 Å². The quantitative estimate of drug-likeness (QED) is 0.774. The average Bonchev–Trinajstić information content (AvgIpc) is 2.29. The number of hydrogen-bond acceptors (Lipinski definition) is 3. The summed E-state index contributed by atoms with van der Waals surface area (Å²) in [6, 6.07) is 0. The Morgan fingerprint density at radius 2 is 2.00 bits per heavy atom. The second kappa shape index (κ2) is 3.26. The summed E-state index contributed by atoms with van der Waals surface area (Å²) in [5.41, 5.74) is 0.243. The van der Waals surface area contributed by atoms with E-state index in [1.54, 1.807) is 0 Å². The van der Waals surface area contributed by atoms with Gasteiger partial charge in [0.05, 0.1) is 16.7 Å². The Balaban J connectivity index is 3.10. The largest absolute Gasteiger partial charge is 0.443 e. The monoisotopic (exact) mass is 211 g/mol. The standard InChI is InChI=1S/C7H8F3NOS/c1-3-5(4(2)12)13-6(11-3)7(8,9)10/h4,12H,1-2H3. The molecule has 0 saturated heterocycles. The normalized spacial score (nSPS) is 14.6. The molecule has 0 spiro atoms. The molecule has 0 aliphatic carbocycles. The first-order valence-electron chi connectivity index (χ1n) is 3.55. The first-order chi connectivity index (χ1) is 5.82. The Labute approximate surface area is 77.0 Å². The Bertz CT molecular complexity index is 305. The SMILES string of the molecule is Cc1nc(C(F)(F)F)sc1C(C)O. The molecular formula is C7H8F3NOS. The molecule has 1 heterocycles. The van der Waals surface area contributed by atoms with E-state index in [9.17, 15) is 13.2 Å². The van der Waals surface area contributed by atoms with Gasteiger partial charge in [-0.1, -0.05) is 0 Å². The molecule has 0 bridgehead atoms. The maximum absolute atomic E-state index is 12.1. The van der Waals surface area contributed by atoms with Gasteiger partial charge in [-0.3, -0.25) is 0 Å². The number of nitrogens with zero attached hydrogens (tertiary/aromatic N) is 1. The Morgan fingerprint density at radius 1 is 1.46 bits per heavy atom. The van der Waals surface area contributed by atoms with Gasteiger partial charge >= 0.3 is 6.18 Å². The lowest BCUT2D eigenvalue weighted by Crippen LogP contribution is -2.03. The lowest BCUT2D eigenvalue weighted by atomic mass is 10.3. The predicted molar refractivity (Wildman–Crippen MR) is 42.5 cm³/mol. The van der Waals surface area contributed by atoms with E-state index in [1.165, 1.54) is 13.8 Å². The highest BCUT2D eigenvalue weighted by atomic mass is 32.1. The molecule has 0 aliphatic rings. The minimum Gasteiger partial charge on any atom is -0.388 e. The number of aliphatic hydroxyl groups excluding tert-OH is 1. The second-order valence-electron chi connectivity index (χ2n) is 2.64. The summed E-state index contributed by atoms with van der Waals surface area (Å²) >= 11 is 0.488. The van der Waals surface area contributed by atoms with E-state index in [0.717, 1.165) is 0 Å². The fourth-order valence-corrected chi connectivity index (χ4v) is 1.79. The minimum atomic E-state index is -4.41. The van der Waals surface area contributed by atoms with Crippen molar-refractivity contribution in [1.82, 2.24) is 4.98 Å². The molecule has 0 aromatic carbocycles. The molecule has 0 amide bonds. The summed E-state index contributed by atoms with van der Waals surface area (Å²) in [4.78, 5) is 3.61. The van der Waals surface area contributed by atoms with Crippen molar-refractivity contribution in [3.63, 3.8) is 0 Å². The Hall–Kier alpha value is -0.620. The van der Waals surface area contributed by atoms with Gasteiger partial charge in [0.25, 0.3) is 0 Å². The molecule has 13 heavy (non-hydrogen) atoms. The van der Waals surface area contributed by atoms with Crippen LogP contribution in [0, 0.1) is 6.92 Å². The molecule has 1 atom stereocenters. The van der Waals surface area contributed by atoms with E-state index in [4.69, 9.17) is 5.11 Å². The fourth-order valence-electron chi connectivity index (χ4n) is 0.917. The van der Waals surface area contributed by atoms with Gasteiger partial charge in [-0.05, 0) is 13.8 Å². The summed E-state index contributed by atoms with van der Waals surface area (Å²) < 4.78 is 36.3. The molecule has 1 rings (SSSR count). The number of hydrogen-bond donors (Lipinski definition) is 1. The van der Waals surface area contributed by atoms with Crippen molar-refractivity contribution in [1.29, 1.82) is 0 Å². The number of alkyl halides is 3. The molecule has 74 valence electrons. The molecule has 0 aliphatic heterocycles. The first kappa shape index (κ1) is 10.5. The van der Waals surface area contributed by atoms with Crippen molar-refractivity contribution in [2.75, 3.05) is 0 Å². The lowest BCUT2D eigenvalue weighted by Gasteiger charge is -2.00. The first-order valence-corrected chi connectivity index (χ1v) is 4.36. The van der Waals surface area contributed by atoms with Gasteiger partial charge in [0.15, 0.2) is 5.01 Å². The zero-order valence-electron chi connectivity index (χ0n) is 7.01. The summed E-state index contributed by atoms with van der Waals surface area (Å²) in [6.07, 6.45) is -5.31. The zero-order chi connectivity index (χ0) is 10.2. The van der Waals surface area contributed by atoms with Gasteiger partial charge in [-0.2, -0.15) is 13.2 Å². The number of aromatic nitrogens is 1. The van der Waals surface area contributed by atoms with Crippen LogP contribution in [0.25, 0.3) is 0 Å². The molecule has 1 aromatic heterocycles. The lowest BCUT2D eigenvalue weighted by molar-refractivity contribution is -0.137. The van der Waals surface area contributed by atoms with E-state index < -0.39 is 17.3 Å². The summed E-state index contributed by atoms with van der Waals surface area (Å²) in [7, 11) is 0. The van der Waals surface area contributed by atoms with Crippen LogP contribution in [0.3, 0.4) is 0 Å². The third-order valence-corrected chi connectivity index (χ3v) is 2.83. The average molecular weight is 211 g/mol. The van der Waals surface area contributed by atoms with Crippen molar-refractivity contribution in [2.45, 2.75) is 26.1 Å². The number of thiazole rings is 1. The van der Waals surface area contributed by atoms with E-state index in [1.807, 2.05) is 0 Å². The molecule has 0 saturated carbocycles. The fraction of sp³-hybridized carbons (Fsp3) is 0.571. The summed E-state index contributed by atoms with van der Waals surface area (Å²) in [6.45, 7) is 2.87. The summed E-state index contributed by atoms with van der Waals surface area (Å²) in [5.74, 6) is 0. The summed E-state index contributed by atoms with van der Waals surface area (Å²) in [5, 5.41) is 8.18. The number of aryl methyl sites for hydroxylation is 1. The molecule has 1 unspecified atom stereocenters. The van der Waals surface area contributed by atoms with E-state index in [-0.39, 0.29) is 10.6 Å². The molecule has 2 nitrogen and oxygen atoms in total. The van der Waals surface area contributed by atoms with Crippen LogP contribution in [0.15, 0.2) is 0 Å². The van der Waals surface area contributed by atoms with Crippen LogP contribution < -0.4 is 0 Å². The molecular weight excluding hydrogens is 203 g/mol. The third-order valence-electron chi connectivity index (χ3n) is 1.45. The van der Waals surface area contributed by atoms with Crippen LogP contribution in [-0.2, 0) is 6.18 Å². The molecule has 1 N–H and O–H groups in total. The highest BCUT2D eigenvalue weighted by molar-refractivity contribution is 7.11. The van der Waals surface area contributed by atoms with Crippen molar-refractivity contribution in [3.8, 4) is 0 Å². The molecule has 6 heteroatoms. The second-order valence-corrected chi connectivity index (χ2v) is 3.67. The number of rotatable bonds is 1. The van der Waals surface area contributed by atoms with Crippen molar-refractivity contribution in [3.05, 3.63) is 15.6 Å². The van der Waals surface area contributed by atoms with Gasteiger partial charge in [0, 0.05) is 0 Å². The van der Waals surface area contributed by atoms with Gasteiger partial charge in [-0.25, -0.2) is 4.98 Å². The highest BCUT2D eigenvalue weighted by Gasteiger charge is 2.35. The van der Waals surface area contributed by atoms with Crippen LogP contribution in [0.4, 0.5) is 13.2 Å². The van der Waals surface area contributed by atoms with Crippen LogP contribution in [-0.4, -0.2) is 10.1 Å². The topological polar surface area (TPSA) is 33.1 Å². The molecule has 0 fully saturated rings. The number of aliphatic hydroxyl groups is 1. The van der Waals surface area contributed by atoms with Crippen LogP contribution in [0.1, 0.15) is 28.6 Å². The zero-order valence-corrected chi connectivity index (χ0v) is 7.83. The van der Waals surface area contributed by atoms with Crippen LogP contribution in [0.5, 0.6) is 0 Å². The minimum absolute atomic E-state index is 0.243. The van der Waals surface area contributed by atoms with E-state index >= 15 is 0 Å². The van der Waals surface area contributed by atoms with Gasteiger partial charge in [-0.15, -0.1) is 11.3 Å². The Morgan fingerprint density at radius 3 is 2.23 bits per heavy atom. The van der Waals surface area contributed by atoms with E-state index in [2.05, 4.69) is 4.98 Å². The van der Waals surface area contributed by atoms with Crippen molar-refractivity contribution in [2.24, 2.45) is 0 Å². The predicted octanol–water partition coefficient (Wildman–Crippen LogP) is 2.52. The van der Waals surface area contributed by atoms with Crippen LogP contribution in [0.2, 0.25) is 0 Å².